The second kappa shape index (κ2) is 6.36. The van der Waals surface area contributed by atoms with Gasteiger partial charge in [0.15, 0.2) is 0 Å². The van der Waals surface area contributed by atoms with Crippen LogP contribution >= 0.6 is 0 Å². The number of nitrogens with zero attached hydrogens (tertiary/aromatic N) is 2. The molecule has 0 atom stereocenters. The summed E-state index contributed by atoms with van der Waals surface area (Å²) in [4.78, 5) is 14.7. The number of anilines is 1. The number of ether oxygens (including phenoxy) is 1. The standard InChI is InChI=1S/C13H19N3O3/c1-2-14-12-8-10(16(17)18)9-13(15-12)19-11-6-4-3-5-7-11/h8-9,11H,2-7H2,1H3,(H,14,15). The lowest BCUT2D eigenvalue weighted by Gasteiger charge is -2.22. The number of rotatable bonds is 5. The van der Waals surface area contributed by atoms with Crippen molar-refractivity contribution in [3.8, 4) is 5.88 Å². The van der Waals surface area contributed by atoms with Crippen LogP contribution < -0.4 is 10.1 Å². The fraction of sp³-hybridized carbons (Fsp3) is 0.615. The average Bonchev–Trinajstić information content (AvgIpc) is 2.40. The first kappa shape index (κ1) is 13.6. The molecule has 0 saturated heterocycles. The van der Waals surface area contributed by atoms with Gasteiger partial charge in [-0.05, 0) is 32.6 Å². The lowest BCUT2D eigenvalue weighted by Crippen LogP contribution is -2.20. The number of nitro groups is 1. The molecule has 6 heteroatoms. The molecule has 0 spiro atoms. The second-order valence-corrected chi connectivity index (χ2v) is 4.71. The molecule has 0 bridgehead atoms. The fourth-order valence-electron chi connectivity index (χ4n) is 2.28. The predicted molar refractivity (Wildman–Crippen MR) is 72.6 cm³/mol. The van der Waals surface area contributed by atoms with E-state index in [1.165, 1.54) is 18.6 Å². The normalized spacial score (nSPS) is 16.1. The maximum atomic E-state index is 10.9. The van der Waals surface area contributed by atoms with Crippen LogP contribution in [0.15, 0.2) is 12.1 Å². The van der Waals surface area contributed by atoms with Crippen molar-refractivity contribution in [2.24, 2.45) is 0 Å². The van der Waals surface area contributed by atoms with Crippen molar-refractivity contribution in [2.75, 3.05) is 11.9 Å². The van der Waals surface area contributed by atoms with Crippen molar-refractivity contribution >= 4 is 11.5 Å². The molecule has 0 radical (unpaired) electrons. The molecule has 1 aromatic rings. The Morgan fingerprint density at radius 1 is 1.42 bits per heavy atom. The molecule has 1 fully saturated rings. The Kier molecular flexibility index (Phi) is 4.54. The lowest BCUT2D eigenvalue weighted by molar-refractivity contribution is -0.384. The third-order valence-electron chi connectivity index (χ3n) is 3.19. The molecule has 2 rings (SSSR count). The highest BCUT2D eigenvalue weighted by Gasteiger charge is 2.18. The number of hydrogen-bond donors (Lipinski definition) is 1. The maximum Gasteiger partial charge on any atom is 0.278 e. The molecule has 0 unspecified atom stereocenters. The number of aromatic nitrogens is 1. The van der Waals surface area contributed by atoms with E-state index < -0.39 is 4.92 Å². The van der Waals surface area contributed by atoms with E-state index in [9.17, 15) is 10.1 Å². The Morgan fingerprint density at radius 2 is 2.16 bits per heavy atom. The van der Waals surface area contributed by atoms with E-state index >= 15 is 0 Å². The van der Waals surface area contributed by atoms with Crippen molar-refractivity contribution in [2.45, 2.75) is 45.1 Å². The van der Waals surface area contributed by atoms with E-state index in [0.29, 0.717) is 18.2 Å². The Morgan fingerprint density at radius 3 is 2.79 bits per heavy atom. The van der Waals surface area contributed by atoms with Crippen molar-refractivity contribution in [3.05, 3.63) is 22.2 Å². The van der Waals surface area contributed by atoms with Crippen LogP contribution in [0.3, 0.4) is 0 Å². The van der Waals surface area contributed by atoms with E-state index in [1.807, 2.05) is 6.92 Å². The topological polar surface area (TPSA) is 77.3 Å². The van der Waals surface area contributed by atoms with Gasteiger partial charge in [-0.1, -0.05) is 6.42 Å². The molecule has 1 heterocycles. The van der Waals surface area contributed by atoms with E-state index in [2.05, 4.69) is 10.3 Å². The first-order chi connectivity index (χ1) is 9.19. The predicted octanol–water partition coefficient (Wildman–Crippen LogP) is 3.13. The summed E-state index contributed by atoms with van der Waals surface area (Å²) < 4.78 is 5.78. The van der Waals surface area contributed by atoms with E-state index in [1.54, 1.807) is 0 Å². The molecule has 1 aromatic heterocycles. The third kappa shape index (κ3) is 3.81. The molecule has 1 N–H and O–H groups in total. The Labute approximate surface area is 112 Å². The minimum atomic E-state index is -0.420. The Balaban J connectivity index is 2.15. The van der Waals surface area contributed by atoms with Crippen molar-refractivity contribution in [3.63, 3.8) is 0 Å². The summed E-state index contributed by atoms with van der Waals surface area (Å²) in [6, 6.07) is 2.83. The number of pyridine rings is 1. The van der Waals surface area contributed by atoms with Gasteiger partial charge in [0.1, 0.15) is 11.9 Å². The molecular formula is C13H19N3O3. The highest BCUT2D eigenvalue weighted by atomic mass is 16.6. The summed E-state index contributed by atoms with van der Waals surface area (Å²) in [6.45, 7) is 2.58. The van der Waals surface area contributed by atoms with Gasteiger partial charge in [0.25, 0.3) is 5.69 Å². The lowest BCUT2D eigenvalue weighted by atomic mass is 9.98. The van der Waals surface area contributed by atoms with Gasteiger partial charge in [0.2, 0.25) is 5.88 Å². The smallest absolute Gasteiger partial charge is 0.278 e. The van der Waals surface area contributed by atoms with Crippen LogP contribution in [0.2, 0.25) is 0 Å². The van der Waals surface area contributed by atoms with Gasteiger partial charge in [-0.3, -0.25) is 10.1 Å². The van der Waals surface area contributed by atoms with Gasteiger partial charge in [0.05, 0.1) is 17.1 Å². The Hall–Kier alpha value is -1.85. The minimum Gasteiger partial charge on any atom is -0.474 e. The molecule has 0 aromatic carbocycles. The summed E-state index contributed by atoms with van der Waals surface area (Å²) >= 11 is 0. The quantitative estimate of drug-likeness (QED) is 0.653. The molecule has 0 amide bonds. The largest absolute Gasteiger partial charge is 0.474 e. The summed E-state index contributed by atoms with van der Waals surface area (Å²) in [5.41, 5.74) is 0.0109. The SMILES string of the molecule is CCNc1cc([N+](=O)[O-])cc(OC2CCCCC2)n1. The second-order valence-electron chi connectivity index (χ2n) is 4.71. The number of nitrogens with one attached hydrogen (secondary N) is 1. The highest BCUT2D eigenvalue weighted by Crippen LogP contribution is 2.26. The third-order valence-corrected chi connectivity index (χ3v) is 3.19. The summed E-state index contributed by atoms with van der Waals surface area (Å²) in [5.74, 6) is 0.833. The van der Waals surface area contributed by atoms with Gasteiger partial charge < -0.3 is 10.1 Å². The average molecular weight is 265 g/mol. The van der Waals surface area contributed by atoms with Crippen molar-refractivity contribution in [1.29, 1.82) is 0 Å². The van der Waals surface area contributed by atoms with Crippen LogP contribution in [0.4, 0.5) is 11.5 Å². The van der Waals surface area contributed by atoms with Crippen molar-refractivity contribution in [1.82, 2.24) is 4.98 Å². The van der Waals surface area contributed by atoms with Crippen LogP contribution in [-0.4, -0.2) is 22.6 Å². The van der Waals surface area contributed by atoms with Crippen LogP contribution in [-0.2, 0) is 0 Å². The fourth-order valence-corrected chi connectivity index (χ4v) is 2.28. The van der Waals surface area contributed by atoms with Crippen LogP contribution in [0.5, 0.6) is 5.88 Å². The molecule has 1 aliphatic carbocycles. The van der Waals surface area contributed by atoms with E-state index in [0.717, 1.165) is 25.7 Å². The molecule has 6 nitrogen and oxygen atoms in total. The number of hydrogen-bond acceptors (Lipinski definition) is 5. The zero-order valence-corrected chi connectivity index (χ0v) is 11.1. The first-order valence-electron chi connectivity index (χ1n) is 6.76. The van der Waals surface area contributed by atoms with Crippen LogP contribution in [0.1, 0.15) is 39.0 Å². The van der Waals surface area contributed by atoms with Crippen LogP contribution in [0.25, 0.3) is 0 Å². The molecule has 1 aliphatic rings. The monoisotopic (exact) mass is 265 g/mol. The van der Waals surface area contributed by atoms with Gasteiger partial charge in [-0.25, -0.2) is 0 Å². The molecule has 1 saturated carbocycles. The van der Waals surface area contributed by atoms with Gasteiger partial charge in [-0.15, -0.1) is 0 Å². The minimum absolute atomic E-state index is 0.0109. The summed E-state index contributed by atoms with van der Waals surface area (Å²) in [6.07, 6.45) is 5.68. The maximum absolute atomic E-state index is 10.9. The van der Waals surface area contributed by atoms with Crippen molar-refractivity contribution < 1.29 is 9.66 Å². The molecule has 0 aliphatic heterocycles. The van der Waals surface area contributed by atoms with E-state index in [-0.39, 0.29) is 11.8 Å². The summed E-state index contributed by atoms with van der Waals surface area (Å²) in [7, 11) is 0. The van der Waals surface area contributed by atoms with Crippen LogP contribution in [0, 0.1) is 10.1 Å². The highest BCUT2D eigenvalue weighted by molar-refractivity contribution is 5.48. The first-order valence-corrected chi connectivity index (χ1v) is 6.76. The van der Waals surface area contributed by atoms with Gasteiger partial charge in [0, 0.05) is 6.54 Å². The molecule has 19 heavy (non-hydrogen) atoms. The Bertz CT molecular complexity index is 445. The van der Waals surface area contributed by atoms with E-state index in [4.69, 9.17) is 4.74 Å². The zero-order chi connectivity index (χ0) is 13.7. The van der Waals surface area contributed by atoms with Gasteiger partial charge >= 0.3 is 0 Å². The van der Waals surface area contributed by atoms with Gasteiger partial charge in [-0.2, -0.15) is 4.98 Å². The zero-order valence-electron chi connectivity index (χ0n) is 11.1. The molecular weight excluding hydrogens is 246 g/mol. The summed E-state index contributed by atoms with van der Waals surface area (Å²) in [5, 5.41) is 13.9. The molecule has 104 valence electrons.